The first kappa shape index (κ1) is 16.2. The topological polar surface area (TPSA) is 50.4 Å². The van der Waals surface area contributed by atoms with Crippen molar-refractivity contribution in [1.29, 1.82) is 0 Å². The second-order valence-electron chi connectivity index (χ2n) is 5.54. The third-order valence-corrected chi connectivity index (χ3v) is 3.75. The summed E-state index contributed by atoms with van der Waals surface area (Å²) in [7, 11) is 0. The van der Waals surface area contributed by atoms with Crippen LogP contribution in [0.15, 0.2) is 54.1 Å². The van der Waals surface area contributed by atoms with Crippen LogP contribution in [0.1, 0.15) is 15.9 Å². The normalized spacial score (nSPS) is 12.8. The highest BCUT2D eigenvalue weighted by Gasteiger charge is 2.11. The average Bonchev–Trinajstić information content (AvgIpc) is 2.61. The third-order valence-electron chi connectivity index (χ3n) is 3.75. The Morgan fingerprint density at radius 3 is 2.75 bits per heavy atom. The van der Waals surface area contributed by atoms with Crippen molar-refractivity contribution in [2.24, 2.45) is 0 Å². The largest absolute Gasteiger partial charge is 0.489 e. The van der Waals surface area contributed by atoms with E-state index in [0.29, 0.717) is 26.2 Å². The molecular weight excluding hydrogens is 307 g/mol. The van der Waals surface area contributed by atoms with Gasteiger partial charge >= 0.3 is 0 Å². The third kappa shape index (κ3) is 4.00. The second kappa shape index (κ2) is 7.75. The van der Waals surface area contributed by atoms with Crippen LogP contribution in [-0.2, 0) is 0 Å². The lowest BCUT2D eigenvalue weighted by Gasteiger charge is -2.18. The fraction of sp³-hybridized carbons (Fsp3) is 0.211. The molecule has 0 unspecified atom stereocenters. The summed E-state index contributed by atoms with van der Waals surface area (Å²) in [5.74, 6) is -0.00595. The predicted molar refractivity (Wildman–Crippen MR) is 91.5 cm³/mol. The summed E-state index contributed by atoms with van der Waals surface area (Å²) < 4.78 is 19.2. The molecule has 0 radical (unpaired) electrons. The van der Waals surface area contributed by atoms with Crippen molar-refractivity contribution >= 4 is 12.0 Å². The van der Waals surface area contributed by atoms with Crippen molar-refractivity contribution < 1.29 is 13.9 Å². The van der Waals surface area contributed by atoms with Crippen molar-refractivity contribution in [2.45, 2.75) is 0 Å². The fourth-order valence-corrected chi connectivity index (χ4v) is 2.52. The fourth-order valence-electron chi connectivity index (χ4n) is 2.52. The lowest BCUT2D eigenvalue weighted by atomic mass is 10.1. The minimum Gasteiger partial charge on any atom is -0.489 e. The molecule has 0 bridgehead atoms. The number of nitrogens with one attached hydrogen (secondary N) is 2. The number of amides is 1. The van der Waals surface area contributed by atoms with Crippen LogP contribution in [0, 0.1) is 5.82 Å². The molecule has 0 fully saturated rings. The maximum Gasteiger partial charge on any atom is 0.254 e. The van der Waals surface area contributed by atoms with Gasteiger partial charge in [0.05, 0.1) is 5.56 Å². The van der Waals surface area contributed by atoms with E-state index in [0.717, 1.165) is 16.9 Å². The molecule has 4 nitrogen and oxygen atoms in total. The molecule has 1 amide bonds. The van der Waals surface area contributed by atoms with Gasteiger partial charge in [-0.2, -0.15) is 0 Å². The van der Waals surface area contributed by atoms with Crippen molar-refractivity contribution in [1.82, 2.24) is 10.6 Å². The number of carbonyl (C=O) groups excluding carboxylic acids is 1. The zero-order valence-electron chi connectivity index (χ0n) is 13.2. The Morgan fingerprint density at radius 1 is 1.08 bits per heavy atom. The standard InChI is InChI=1S/C19H19FN2O2/c20-17-7-3-2-6-16(17)19(23)22-10-9-21-12-14-11-15-5-1-4-8-18(15)24-13-14/h1-8,11,21H,9-10,12-13H2,(H,22,23). The molecule has 2 N–H and O–H groups in total. The van der Waals surface area contributed by atoms with Crippen LogP contribution in [0.4, 0.5) is 4.39 Å². The average molecular weight is 326 g/mol. The Bertz CT molecular complexity index is 759. The Labute approximate surface area is 140 Å². The highest BCUT2D eigenvalue weighted by molar-refractivity contribution is 5.94. The van der Waals surface area contributed by atoms with E-state index in [2.05, 4.69) is 16.7 Å². The van der Waals surface area contributed by atoms with Gasteiger partial charge in [0, 0.05) is 25.2 Å². The summed E-state index contributed by atoms with van der Waals surface area (Å²) in [6.07, 6.45) is 2.11. The maximum atomic E-state index is 13.5. The summed E-state index contributed by atoms with van der Waals surface area (Å²) in [5.41, 5.74) is 2.29. The molecule has 2 aromatic carbocycles. The summed E-state index contributed by atoms with van der Waals surface area (Å²) in [6.45, 7) is 2.27. The lowest BCUT2D eigenvalue weighted by Crippen LogP contribution is -2.33. The minimum atomic E-state index is -0.508. The molecule has 5 heteroatoms. The maximum absolute atomic E-state index is 13.5. The first-order valence-electron chi connectivity index (χ1n) is 7.89. The van der Waals surface area contributed by atoms with Crippen LogP contribution in [0.3, 0.4) is 0 Å². The van der Waals surface area contributed by atoms with Gasteiger partial charge in [0.2, 0.25) is 0 Å². The second-order valence-corrected chi connectivity index (χ2v) is 5.54. The number of hydrogen-bond acceptors (Lipinski definition) is 3. The predicted octanol–water partition coefficient (Wildman–Crippen LogP) is 2.62. The molecule has 0 aromatic heterocycles. The molecule has 3 rings (SSSR count). The van der Waals surface area contributed by atoms with Crippen LogP contribution in [0.2, 0.25) is 0 Å². The molecule has 24 heavy (non-hydrogen) atoms. The number of fused-ring (bicyclic) bond motifs is 1. The van der Waals surface area contributed by atoms with Gasteiger partial charge in [-0.1, -0.05) is 30.3 Å². The Balaban J connectivity index is 1.41. The SMILES string of the molecule is O=C(NCCNCC1=Cc2ccccc2OC1)c1ccccc1F. The highest BCUT2D eigenvalue weighted by Crippen LogP contribution is 2.25. The number of carbonyl (C=O) groups is 1. The van der Waals surface area contributed by atoms with Crippen molar-refractivity contribution in [3.05, 3.63) is 71.0 Å². The van der Waals surface area contributed by atoms with Gasteiger partial charge in [0.15, 0.2) is 0 Å². The van der Waals surface area contributed by atoms with E-state index in [4.69, 9.17) is 4.74 Å². The quantitative estimate of drug-likeness (QED) is 0.803. The van der Waals surface area contributed by atoms with Crippen LogP contribution in [0.5, 0.6) is 5.75 Å². The van der Waals surface area contributed by atoms with Gasteiger partial charge in [-0.3, -0.25) is 4.79 Å². The Hall–Kier alpha value is -2.66. The van der Waals surface area contributed by atoms with Gasteiger partial charge in [0.1, 0.15) is 18.2 Å². The molecule has 0 atom stereocenters. The number of rotatable bonds is 6. The zero-order valence-corrected chi connectivity index (χ0v) is 13.2. The first-order valence-corrected chi connectivity index (χ1v) is 7.89. The number of ether oxygens (including phenoxy) is 1. The highest BCUT2D eigenvalue weighted by atomic mass is 19.1. The van der Waals surface area contributed by atoms with E-state index in [1.165, 1.54) is 12.1 Å². The van der Waals surface area contributed by atoms with E-state index in [1.54, 1.807) is 12.1 Å². The van der Waals surface area contributed by atoms with E-state index >= 15 is 0 Å². The Morgan fingerprint density at radius 2 is 1.88 bits per heavy atom. The molecule has 0 spiro atoms. The smallest absolute Gasteiger partial charge is 0.254 e. The van der Waals surface area contributed by atoms with Gasteiger partial charge in [-0.15, -0.1) is 0 Å². The molecular formula is C19H19FN2O2. The lowest BCUT2D eigenvalue weighted by molar-refractivity contribution is 0.0950. The van der Waals surface area contributed by atoms with Crippen LogP contribution >= 0.6 is 0 Å². The summed E-state index contributed by atoms with van der Waals surface area (Å²) >= 11 is 0. The van der Waals surface area contributed by atoms with Crippen molar-refractivity contribution in [3.63, 3.8) is 0 Å². The van der Waals surface area contributed by atoms with E-state index in [1.807, 2.05) is 24.3 Å². The molecule has 1 aliphatic heterocycles. The van der Waals surface area contributed by atoms with Gasteiger partial charge in [0.25, 0.3) is 5.91 Å². The van der Waals surface area contributed by atoms with Crippen molar-refractivity contribution in [3.8, 4) is 5.75 Å². The number of benzene rings is 2. The van der Waals surface area contributed by atoms with Crippen LogP contribution in [0.25, 0.3) is 6.08 Å². The van der Waals surface area contributed by atoms with Gasteiger partial charge in [-0.25, -0.2) is 4.39 Å². The summed E-state index contributed by atoms with van der Waals surface area (Å²) in [5, 5.41) is 5.95. The van der Waals surface area contributed by atoms with Gasteiger partial charge < -0.3 is 15.4 Å². The minimum absolute atomic E-state index is 0.0671. The number of para-hydroxylation sites is 1. The van der Waals surface area contributed by atoms with E-state index < -0.39 is 11.7 Å². The summed E-state index contributed by atoms with van der Waals surface area (Å²) in [6, 6.07) is 13.9. The molecule has 2 aromatic rings. The van der Waals surface area contributed by atoms with Crippen LogP contribution in [-0.4, -0.2) is 32.1 Å². The Kier molecular flexibility index (Phi) is 5.23. The van der Waals surface area contributed by atoms with Crippen LogP contribution < -0.4 is 15.4 Å². The number of halogens is 1. The summed E-state index contributed by atoms with van der Waals surface area (Å²) in [4.78, 5) is 11.9. The number of hydrogen-bond donors (Lipinski definition) is 2. The van der Waals surface area contributed by atoms with Crippen molar-refractivity contribution in [2.75, 3.05) is 26.2 Å². The molecule has 124 valence electrons. The van der Waals surface area contributed by atoms with Gasteiger partial charge in [-0.05, 0) is 29.8 Å². The first-order chi connectivity index (χ1) is 11.7. The van der Waals surface area contributed by atoms with E-state index in [9.17, 15) is 9.18 Å². The molecule has 0 aliphatic carbocycles. The monoisotopic (exact) mass is 326 g/mol. The molecule has 0 saturated heterocycles. The molecule has 1 heterocycles. The molecule has 1 aliphatic rings. The zero-order chi connectivity index (χ0) is 16.8. The van der Waals surface area contributed by atoms with E-state index in [-0.39, 0.29) is 5.56 Å². The molecule has 0 saturated carbocycles.